The van der Waals surface area contributed by atoms with Gasteiger partial charge < -0.3 is 20.1 Å². The quantitative estimate of drug-likeness (QED) is 0.428. The van der Waals surface area contributed by atoms with Gasteiger partial charge in [0, 0.05) is 10.5 Å². The SMILES string of the molecule is O=S(c1ccc(Cl)c(Cl)c1)[C@H]1OC(CO)[C@H](O)[C@H](n2cc(-c3cc(F)c(F)c(F)c3)nn2)C1O. The highest BCUT2D eigenvalue weighted by atomic mass is 35.5. The molecule has 2 heterocycles. The van der Waals surface area contributed by atoms with Gasteiger partial charge in [0.1, 0.15) is 30.0 Å². The molecule has 182 valence electrons. The summed E-state index contributed by atoms with van der Waals surface area (Å²) in [5, 5.41) is 39.2. The van der Waals surface area contributed by atoms with Gasteiger partial charge in [-0.3, -0.25) is 4.21 Å². The molecule has 0 amide bonds. The zero-order valence-corrected chi connectivity index (χ0v) is 19.2. The van der Waals surface area contributed by atoms with Crippen molar-refractivity contribution in [1.29, 1.82) is 0 Å². The van der Waals surface area contributed by atoms with E-state index < -0.39 is 64.6 Å². The van der Waals surface area contributed by atoms with Gasteiger partial charge in [-0.1, -0.05) is 28.4 Å². The minimum absolute atomic E-state index is 0.0913. The Kier molecular flexibility index (Phi) is 7.29. The normalized spacial score (nSPS) is 25.9. The molecule has 0 aliphatic carbocycles. The Morgan fingerprint density at radius 1 is 1.06 bits per heavy atom. The number of aromatic nitrogens is 3. The fourth-order valence-electron chi connectivity index (χ4n) is 3.55. The van der Waals surface area contributed by atoms with Crippen molar-refractivity contribution in [3.63, 3.8) is 0 Å². The van der Waals surface area contributed by atoms with Crippen molar-refractivity contribution >= 4 is 34.0 Å². The van der Waals surface area contributed by atoms with Crippen LogP contribution in [0.4, 0.5) is 13.2 Å². The maximum absolute atomic E-state index is 13.6. The van der Waals surface area contributed by atoms with E-state index in [0.717, 1.165) is 10.9 Å². The maximum Gasteiger partial charge on any atom is 0.194 e. The Labute approximate surface area is 202 Å². The van der Waals surface area contributed by atoms with Crippen LogP contribution in [0.2, 0.25) is 10.0 Å². The third-order valence-corrected chi connectivity index (χ3v) is 7.55. The molecule has 3 unspecified atom stereocenters. The van der Waals surface area contributed by atoms with Crippen LogP contribution in [0, 0.1) is 17.5 Å². The van der Waals surface area contributed by atoms with E-state index in [1.165, 1.54) is 18.2 Å². The molecule has 0 bridgehead atoms. The molecule has 14 heteroatoms. The highest BCUT2D eigenvalue weighted by Crippen LogP contribution is 2.35. The smallest absolute Gasteiger partial charge is 0.194 e. The Bertz CT molecular complexity index is 1230. The number of aliphatic hydroxyl groups excluding tert-OH is 3. The molecule has 1 aliphatic heterocycles. The number of halogens is 5. The Morgan fingerprint density at radius 2 is 1.74 bits per heavy atom. The lowest BCUT2D eigenvalue weighted by Crippen LogP contribution is -2.57. The molecule has 1 aromatic heterocycles. The van der Waals surface area contributed by atoms with Gasteiger partial charge in [-0.05, 0) is 30.3 Å². The number of ether oxygens (including phenoxy) is 1. The van der Waals surface area contributed by atoms with Gasteiger partial charge in [0.2, 0.25) is 0 Å². The summed E-state index contributed by atoms with van der Waals surface area (Å²) in [5.74, 6) is -4.52. The fourth-order valence-corrected chi connectivity index (χ4v) is 5.28. The van der Waals surface area contributed by atoms with Crippen molar-refractivity contribution in [2.24, 2.45) is 0 Å². The van der Waals surface area contributed by atoms with Crippen LogP contribution in [0.25, 0.3) is 11.3 Å². The van der Waals surface area contributed by atoms with E-state index in [9.17, 15) is 32.7 Å². The molecule has 4 rings (SSSR count). The third kappa shape index (κ3) is 4.59. The summed E-state index contributed by atoms with van der Waals surface area (Å²) in [6.45, 7) is -0.685. The van der Waals surface area contributed by atoms with Crippen LogP contribution in [-0.2, 0) is 15.5 Å². The molecule has 3 aromatic rings. The van der Waals surface area contributed by atoms with Crippen molar-refractivity contribution in [1.82, 2.24) is 15.0 Å². The second kappa shape index (κ2) is 9.90. The summed E-state index contributed by atoms with van der Waals surface area (Å²) in [7, 11) is -2.03. The Morgan fingerprint density at radius 3 is 2.35 bits per heavy atom. The molecular weight excluding hydrogens is 522 g/mol. The van der Waals surface area contributed by atoms with E-state index in [2.05, 4.69) is 10.3 Å². The van der Waals surface area contributed by atoms with Crippen LogP contribution in [0.5, 0.6) is 0 Å². The molecule has 2 aromatic carbocycles. The Hall–Kier alpha value is -2.06. The summed E-state index contributed by atoms with van der Waals surface area (Å²) in [4.78, 5) is 0.168. The van der Waals surface area contributed by atoms with Crippen LogP contribution in [0.15, 0.2) is 41.4 Å². The van der Waals surface area contributed by atoms with E-state index in [4.69, 9.17) is 27.9 Å². The van der Waals surface area contributed by atoms with Crippen LogP contribution in [0.3, 0.4) is 0 Å². The van der Waals surface area contributed by atoms with Crippen molar-refractivity contribution in [3.8, 4) is 11.3 Å². The van der Waals surface area contributed by atoms with Gasteiger partial charge in [0.25, 0.3) is 0 Å². The first-order chi connectivity index (χ1) is 16.1. The minimum Gasteiger partial charge on any atom is -0.394 e. The first kappa shape index (κ1) is 25.0. The van der Waals surface area contributed by atoms with Gasteiger partial charge >= 0.3 is 0 Å². The zero-order chi connectivity index (χ0) is 24.7. The molecule has 0 radical (unpaired) electrons. The zero-order valence-electron chi connectivity index (χ0n) is 16.9. The molecule has 1 fully saturated rings. The molecule has 0 spiro atoms. The van der Waals surface area contributed by atoms with Crippen LogP contribution in [-0.4, -0.2) is 64.9 Å². The standard InChI is InChI=1S/C20H16Cl2F3N3O5S/c21-10-2-1-9(5-11(10)22)34(32)20-19(31)17(18(30)15(7-29)33-20)28-6-14(26-27-28)8-3-12(23)16(25)13(24)4-8/h1-6,15,17-20,29-31H,7H2/t15?,17-,18-,19?,20+,34?/m0/s1. The summed E-state index contributed by atoms with van der Waals surface area (Å²) in [5.41, 5.74) is -1.67. The van der Waals surface area contributed by atoms with Crippen molar-refractivity contribution in [3.05, 3.63) is 64.0 Å². The minimum atomic E-state index is -2.03. The van der Waals surface area contributed by atoms with E-state index in [1.807, 2.05) is 0 Å². The average molecular weight is 538 g/mol. The van der Waals surface area contributed by atoms with E-state index in [0.29, 0.717) is 12.1 Å². The third-order valence-electron chi connectivity index (χ3n) is 5.28. The van der Waals surface area contributed by atoms with Crippen LogP contribution >= 0.6 is 23.2 Å². The number of benzene rings is 2. The number of hydrogen-bond acceptors (Lipinski definition) is 7. The lowest BCUT2D eigenvalue weighted by Gasteiger charge is -2.41. The Balaban J connectivity index is 1.68. The highest BCUT2D eigenvalue weighted by Gasteiger charge is 2.48. The molecule has 1 aliphatic rings. The molecule has 1 saturated heterocycles. The van der Waals surface area contributed by atoms with Crippen molar-refractivity contribution in [2.75, 3.05) is 6.61 Å². The average Bonchev–Trinajstić information content (AvgIpc) is 3.28. The van der Waals surface area contributed by atoms with E-state index in [1.54, 1.807) is 0 Å². The van der Waals surface area contributed by atoms with E-state index in [-0.39, 0.29) is 26.2 Å². The molecule has 34 heavy (non-hydrogen) atoms. The van der Waals surface area contributed by atoms with Gasteiger partial charge in [-0.15, -0.1) is 5.10 Å². The number of hydrogen-bond donors (Lipinski definition) is 3. The molecular formula is C20H16Cl2F3N3O5S. The van der Waals surface area contributed by atoms with Gasteiger partial charge in [-0.2, -0.15) is 0 Å². The highest BCUT2D eigenvalue weighted by molar-refractivity contribution is 7.85. The van der Waals surface area contributed by atoms with Crippen LogP contribution in [0.1, 0.15) is 6.04 Å². The van der Waals surface area contributed by atoms with Crippen molar-refractivity contribution < 1.29 is 37.4 Å². The topological polar surface area (TPSA) is 118 Å². The predicted molar refractivity (Wildman–Crippen MR) is 115 cm³/mol. The predicted octanol–water partition coefficient (Wildman–Crippen LogP) is 2.46. The summed E-state index contributed by atoms with van der Waals surface area (Å²) in [6.07, 6.45) is -3.27. The second-order valence-electron chi connectivity index (χ2n) is 7.41. The molecule has 3 N–H and O–H groups in total. The van der Waals surface area contributed by atoms with E-state index >= 15 is 0 Å². The lowest BCUT2D eigenvalue weighted by molar-refractivity contribution is -0.179. The van der Waals surface area contributed by atoms with Crippen molar-refractivity contribution in [2.45, 2.75) is 34.7 Å². The lowest BCUT2D eigenvalue weighted by atomic mass is 9.97. The first-order valence-electron chi connectivity index (χ1n) is 9.67. The molecule has 8 nitrogen and oxygen atoms in total. The largest absolute Gasteiger partial charge is 0.394 e. The van der Waals surface area contributed by atoms with Gasteiger partial charge in [0.15, 0.2) is 22.9 Å². The van der Waals surface area contributed by atoms with Gasteiger partial charge in [-0.25, -0.2) is 17.9 Å². The summed E-state index contributed by atoms with van der Waals surface area (Å²) in [6, 6.07) is 4.26. The van der Waals surface area contributed by atoms with Gasteiger partial charge in [0.05, 0.1) is 33.6 Å². The summed E-state index contributed by atoms with van der Waals surface area (Å²) < 4.78 is 60.2. The summed E-state index contributed by atoms with van der Waals surface area (Å²) >= 11 is 11.9. The number of nitrogens with zero attached hydrogens (tertiary/aromatic N) is 3. The number of rotatable bonds is 5. The first-order valence-corrected chi connectivity index (χ1v) is 11.6. The fraction of sp³-hybridized carbons (Fsp3) is 0.300. The second-order valence-corrected chi connectivity index (χ2v) is 9.75. The number of aliphatic hydroxyl groups is 3. The van der Waals surface area contributed by atoms with Crippen LogP contribution < -0.4 is 0 Å². The monoisotopic (exact) mass is 537 g/mol. The molecule has 6 atom stereocenters. The maximum atomic E-state index is 13.6. The molecule has 0 saturated carbocycles.